The van der Waals surface area contributed by atoms with E-state index in [1.807, 2.05) is 7.05 Å². The van der Waals surface area contributed by atoms with Crippen LogP contribution < -0.4 is 0 Å². The molecule has 0 aliphatic carbocycles. The lowest BCUT2D eigenvalue weighted by atomic mass is 10.1. The van der Waals surface area contributed by atoms with Crippen molar-refractivity contribution in [1.82, 2.24) is 4.57 Å². The van der Waals surface area contributed by atoms with E-state index < -0.39 is 5.97 Å². The van der Waals surface area contributed by atoms with Crippen LogP contribution in [0.3, 0.4) is 0 Å². The molecule has 0 atom stereocenters. The van der Waals surface area contributed by atoms with Crippen LogP contribution in [0.1, 0.15) is 23.2 Å². The predicted octanol–water partition coefficient (Wildman–Crippen LogP) is 1.07. The quantitative estimate of drug-likeness (QED) is 0.707. The summed E-state index contributed by atoms with van der Waals surface area (Å²) in [5.74, 6) is -1.06. The first-order valence-corrected chi connectivity index (χ1v) is 3.96. The second kappa shape index (κ2) is 3.89. The van der Waals surface area contributed by atoms with E-state index >= 15 is 0 Å². The van der Waals surface area contributed by atoms with E-state index in [2.05, 4.69) is 0 Å². The minimum absolute atomic E-state index is 0.0688. The first kappa shape index (κ1) is 9.51. The Hall–Kier alpha value is -1.58. The second-order valence-corrected chi connectivity index (χ2v) is 2.88. The Morgan fingerprint density at radius 2 is 2.15 bits per heavy atom. The molecule has 1 heterocycles. The Bertz CT molecular complexity index is 327. The maximum Gasteiger partial charge on any atom is 0.303 e. The molecule has 0 unspecified atom stereocenters. The third-order valence-corrected chi connectivity index (χ3v) is 1.72. The molecule has 0 spiro atoms. The third-order valence-electron chi connectivity index (χ3n) is 1.72. The molecule has 1 aromatic rings. The van der Waals surface area contributed by atoms with E-state index in [0.29, 0.717) is 5.56 Å². The Morgan fingerprint density at radius 1 is 1.46 bits per heavy atom. The summed E-state index contributed by atoms with van der Waals surface area (Å²) in [6.07, 6.45) is 3.41. The molecule has 4 heteroatoms. The van der Waals surface area contributed by atoms with Crippen molar-refractivity contribution in [2.75, 3.05) is 0 Å². The summed E-state index contributed by atoms with van der Waals surface area (Å²) in [7, 11) is 1.81. The molecule has 0 aromatic carbocycles. The summed E-state index contributed by atoms with van der Waals surface area (Å²) < 4.78 is 1.76. The fourth-order valence-electron chi connectivity index (χ4n) is 1.03. The van der Waals surface area contributed by atoms with Crippen LogP contribution in [0.2, 0.25) is 0 Å². The molecule has 0 saturated heterocycles. The average Bonchev–Trinajstić information content (AvgIpc) is 2.47. The zero-order valence-corrected chi connectivity index (χ0v) is 7.36. The molecular formula is C9H11NO3. The summed E-state index contributed by atoms with van der Waals surface area (Å²) in [6.45, 7) is 0. The lowest BCUT2D eigenvalue weighted by Gasteiger charge is -1.93. The fourth-order valence-corrected chi connectivity index (χ4v) is 1.03. The van der Waals surface area contributed by atoms with Crippen LogP contribution >= 0.6 is 0 Å². The topological polar surface area (TPSA) is 59.3 Å². The van der Waals surface area contributed by atoms with Gasteiger partial charge in [0.25, 0.3) is 0 Å². The van der Waals surface area contributed by atoms with Crippen LogP contribution in [0.15, 0.2) is 18.5 Å². The van der Waals surface area contributed by atoms with Crippen LogP contribution in [-0.4, -0.2) is 21.4 Å². The lowest BCUT2D eigenvalue weighted by molar-refractivity contribution is -0.136. The number of ketones is 1. The molecule has 1 rings (SSSR count). The molecule has 1 aromatic heterocycles. The van der Waals surface area contributed by atoms with Crippen molar-refractivity contribution in [1.29, 1.82) is 0 Å². The molecule has 70 valence electrons. The molecular weight excluding hydrogens is 170 g/mol. The molecule has 0 aliphatic heterocycles. The van der Waals surface area contributed by atoms with Gasteiger partial charge in [-0.2, -0.15) is 0 Å². The number of carbonyl (C=O) groups is 2. The van der Waals surface area contributed by atoms with E-state index in [1.54, 1.807) is 23.0 Å². The Labute approximate surface area is 75.8 Å². The van der Waals surface area contributed by atoms with Gasteiger partial charge in [-0.25, -0.2) is 0 Å². The summed E-state index contributed by atoms with van der Waals surface area (Å²) in [5, 5.41) is 8.36. The first-order chi connectivity index (χ1) is 6.09. The zero-order valence-electron chi connectivity index (χ0n) is 7.36. The number of carboxylic acid groups (broad SMARTS) is 1. The lowest BCUT2D eigenvalue weighted by Crippen LogP contribution is -2.02. The highest BCUT2D eigenvalue weighted by Gasteiger charge is 2.08. The van der Waals surface area contributed by atoms with Gasteiger partial charge in [0.1, 0.15) is 0 Å². The van der Waals surface area contributed by atoms with Crippen LogP contribution in [-0.2, 0) is 11.8 Å². The molecule has 0 aliphatic rings. The number of hydrogen-bond donors (Lipinski definition) is 1. The summed E-state index contributed by atoms with van der Waals surface area (Å²) in [6, 6.07) is 1.68. The van der Waals surface area contributed by atoms with Crippen LogP contribution in [0, 0.1) is 0 Å². The largest absolute Gasteiger partial charge is 0.481 e. The maximum atomic E-state index is 11.3. The van der Waals surface area contributed by atoms with Crippen LogP contribution in [0.4, 0.5) is 0 Å². The number of aryl methyl sites for hydroxylation is 1. The normalized spacial score (nSPS) is 9.92. The van der Waals surface area contributed by atoms with Crippen molar-refractivity contribution in [3.05, 3.63) is 24.0 Å². The van der Waals surface area contributed by atoms with Crippen molar-refractivity contribution < 1.29 is 14.7 Å². The number of carbonyl (C=O) groups excluding carboxylic acids is 1. The van der Waals surface area contributed by atoms with Crippen molar-refractivity contribution in [2.45, 2.75) is 12.8 Å². The van der Waals surface area contributed by atoms with Gasteiger partial charge in [-0.05, 0) is 6.07 Å². The zero-order chi connectivity index (χ0) is 9.84. The molecule has 0 amide bonds. The molecule has 0 radical (unpaired) electrons. The molecule has 1 N–H and O–H groups in total. The average molecular weight is 181 g/mol. The Morgan fingerprint density at radius 3 is 2.62 bits per heavy atom. The smallest absolute Gasteiger partial charge is 0.303 e. The van der Waals surface area contributed by atoms with E-state index in [0.717, 1.165) is 0 Å². The van der Waals surface area contributed by atoms with Gasteiger partial charge in [0.05, 0.1) is 6.42 Å². The van der Waals surface area contributed by atoms with Gasteiger partial charge in [-0.3, -0.25) is 9.59 Å². The molecule has 0 fully saturated rings. The molecule has 13 heavy (non-hydrogen) atoms. The number of carboxylic acids is 1. The summed E-state index contributed by atoms with van der Waals surface area (Å²) in [5.41, 5.74) is 0.573. The maximum absolute atomic E-state index is 11.3. The highest BCUT2D eigenvalue weighted by Crippen LogP contribution is 2.05. The van der Waals surface area contributed by atoms with Gasteiger partial charge >= 0.3 is 5.97 Å². The van der Waals surface area contributed by atoms with Gasteiger partial charge < -0.3 is 9.67 Å². The van der Waals surface area contributed by atoms with Gasteiger partial charge in [0.15, 0.2) is 5.78 Å². The highest BCUT2D eigenvalue weighted by atomic mass is 16.4. The van der Waals surface area contributed by atoms with Gasteiger partial charge in [-0.1, -0.05) is 0 Å². The fraction of sp³-hybridized carbons (Fsp3) is 0.333. The van der Waals surface area contributed by atoms with Crippen LogP contribution in [0.5, 0.6) is 0 Å². The number of hydrogen-bond acceptors (Lipinski definition) is 2. The standard InChI is InChI=1S/C9H11NO3/c1-10-5-4-7(6-10)8(11)2-3-9(12)13/h4-6H,2-3H2,1H3,(H,12,13). The molecule has 0 bridgehead atoms. The van der Waals surface area contributed by atoms with Crippen molar-refractivity contribution >= 4 is 11.8 Å². The minimum Gasteiger partial charge on any atom is -0.481 e. The minimum atomic E-state index is -0.940. The monoisotopic (exact) mass is 181 g/mol. The Kier molecular flexibility index (Phi) is 2.84. The highest BCUT2D eigenvalue weighted by molar-refractivity contribution is 5.97. The number of rotatable bonds is 4. The SMILES string of the molecule is Cn1ccc(C(=O)CCC(=O)O)c1. The second-order valence-electron chi connectivity index (χ2n) is 2.88. The van der Waals surface area contributed by atoms with Crippen LogP contribution in [0.25, 0.3) is 0 Å². The van der Waals surface area contributed by atoms with Crippen molar-refractivity contribution in [2.24, 2.45) is 7.05 Å². The van der Waals surface area contributed by atoms with Crippen molar-refractivity contribution in [3.63, 3.8) is 0 Å². The first-order valence-electron chi connectivity index (χ1n) is 3.96. The van der Waals surface area contributed by atoms with Gasteiger partial charge in [0.2, 0.25) is 0 Å². The number of aliphatic carboxylic acids is 1. The third kappa shape index (κ3) is 2.74. The number of aromatic nitrogens is 1. The summed E-state index contributed by atoms with van der Waals surface area (Å²) in [4.78, 5) is 21.5. The van der Waals surface area contributed by atoms with E-state index in [-0.39, 0.29) is 18.6 Å². The van der Waals surface area contributed by atoms with Gasteiger partial charge in [-0.15, -0.1) is 0 Å². The van der Waals surface area contributed by atoms with E-state index in [4.69, 9.17) is 5.11 Å². The number of nitrogens with zero attached hydrogens (tertiary/aromatic N) is 1. The summed E-state index contributed by atoms with van der Waals surface area (Å²) >= 11 is 0. The molecule has 4 nitrogen and oxygen atoms in total. The Balaban J connectivity index is 2.54. The molecule has 0 saturated carbocycles. The van der Waals surface area contributed by atoms with Gasteiger partial charge in [0, 0.05) is 31.4 Å². The van der Waals surface area contributed by atoms with E-state index in [9.17, 15) is 9.59 Å². The number of Topliss-reactive ketones (excluding diaryl/α,β-unsaturated/α-hetero) is 1. The van der Waals surface area contributed by atoms with E-state index in [1.165, 1.54) is 0 Å². The predicted molar refractivity (Wildman–Crippen MR) is 46.6 cm³/mol. The van der Waals surface area contributed by atoms with Crippen molar-refractivity contribution in [3.8, 4) is 0 Å².